The molecule has 13 nitrogen and oxygen atoms in total. The largest absolute Gasteiger partial charge is 0.511 e. The first kappa shape index (κ1) is 40.7. The molecule has 54 heavy (non-hydrogen) atoms. The molecule has 1 fully saturated rings. The predicted octanol–water partition coefficient (Wildman–Crippen LogP) is 6.46. The Hall–Kier alpha value is -4.47. The van der Waals surface area contributed by atoms with Crippen LogP contribution in [0.1, 0.15) is 54.6 Å². The molecule has 0 saturated carbocycles. The number of anilines is 2. The molecule has 3 aromatic rings. The molecule has 2 aliphatic heterocycles. The highest BCUT2D eigenvalue weighted by Gasteiger charge is 2.66. The van der Waals surface area contributed by atoms with Crippen LogP contribution in [0.3, 0.4) is 0 Å². The van der Waals surface area contributed by atoms with Crippen molar-refractivity contribution in [3.63, 3.8) is 0 Å². The minimum absolute atomic E-state index is 0.0354. The number of carbonyl (C=O) groups excluding carboxylic acids is 4. The summed E-state index contributed by atoms with van der Waals surface area (Å²) in [5.41, 5.74) is -0.229. The second-order valence-electron chi connectivity index (χ2n) is 13.9. The number of nitrogens with one attached hydrogen (secondary N) is 3. The van der Waals surface area contributed by atoms with Gasteiger partial charge in [-0.2, -0.15) is 0 Å². The molecular weight excluding hydrogens is 748 g/mol. The molecule has 4 atom stereocenters. The molecule has 0 radical (unpaired) electrons. The highest BCUT2D eigenvalue weighted by atomic mass is 35.5. The Bertz CT molecular complexity index is 1890. The Morgan fingerprint density at radius 2 is 1.70 bits per heavy atom. The lowest BCUT2D eigenvalue weighted by atomic mass is 9.62. The number of benzene rings is 3. The summed E-state index contributed by atoms with van der Waals surface area (Å²) in [6.45, 7) is 6.12. The highest BCUT2D eigenvalue weighted by molar-refractivity contribution is 6.31. The molecule has 0 aromatic heterocycles. The molecule has 0 aliphatic carbocycles. The number of amides is 2. The summed E-state index contributed by atoms with van der Waals surface area (Å²) in [5, 5.41) is 9.48. The van der Waals surface area contributed by atoms with Crippen molar-refractivity contribution in [3.8, 4) is 5.75 Å². The van der Waals surface area contributed by atoms with Gasteiger partial charge in [-0.15, -0.1) is 0 Å². The molecule has 5 rings (SSSR count). The zero-order valence-electron chi connectivity index (χ0n) is 30.4. The lowest BCUT2D eigenvalue weighted by Crippen LogP contribution is -2.49. The van der Waals surface area contributed by atoms with Crippen molar-refractivity contribution in [1.82, 2.24) is 5.32 Å². The van der Waals surface area contributed by atoms with E-state index in [1.165, 1.54) is 44.6 Å². The zero-order chi connectivity index (χ0) is 39.2. The summed E-state index contributed by atoms with van der Waals surface area (Å²) in [6, 6.07) is 12.0. The number of fused-ring (bicyclic) bond motifs is 2. The molecule has 3 aromatic carbocycles. The van der Waals surface area contributed by atoms with Crippen molar-refractivity contribution in [1.29, 1.82) is 0 Å². The van der Waals surface area contributed by atoms with Gasteiger partial charge in [-0.1, -0.05) is 56.1 Å². The third kappa shape index (κ3) is 8.90. The first-order chi connectivity index (χ1) is 25.7. The van der Waals surface area contributed by atoms with Crippen molar-refractivity contribution in [2.24, 2.45) is 5.41 Å². The third-order valence-corrected chi connectivity index (χ3v) is 9.66. The van der Waals surface area contributed by atoms with E-state index in [2.05, 4.69) is 16.0 Å². The lowest BCUT2D eigenvalue weighted by Gasteiger charge is -2.37. The number of methoxy groups -OCH3 is 2. The Balaban J connectivity index is 1.38. The van der Waals surface area contributed by atoms with Gasteiger partial charge in [-0.3, -0.25) is 9.59 Å². The molecule has 1 spiro atoms. The highest BCUT2D eigenvalue weighted by Crippen LogP contribution is 2.57. The number of carbonyl (C=O) groups is 4. The van der Waals surface area contributed by atoms with Crippen molar-refractivity contribution >= 4 is 58.5 Å². The van der Waals surface area contributed by atoms with Gasteiger partial charge in [0.25, 0.3) is 0 Å². The van der Waals surface area contributed by atoms with Crippen LogP contribution in [0.4, 0.5) is 20.6 Å². The average molecular weight is 791 g/mol. The SMILES string of the molecule is COCCOCCOC(=O)OCOC(=O)c1ccc(NC(=O)[C@@H]2N[C@@H](CC(C)(C)C)[C@@]3(C(=O)Nc4cc(Cl)c(F)cc43)[C@H]2c2cccc(Cl)c2)c(OC)c1. The lowest BCUT2D eigenvalue weighted by molar-refractivity contribution is -0.122. The smallest absolute Gasteiger partial charge is 0.495 e. The second-order valence-corrected chi connectivity index (χ2v) is 14.8. The number of rotatable bonds is 14. The Labute approximate surface area is 322 Å². The molecule has 0 unspecified atom stereocenters. The van der Waals surface area contributed by atoms with E-state index >= 15 is 4.39 Å². The van der Waals surface area contributed by atoms with Crippen LogP contribution in [0.2, 0.25) is 10.0 Å². The minimum Gasteiger partial charge on any atom is -0.495 e. The van der Waals surface area contributed by atoms with Gasteiger partial charge in [-0.05, 0) is 65.4 Å². The van der Waals surface area contributed by atoms with Crippen LogP contribution < -0.4 is 20.7 Å². The first-order valence-electron chi connectivity index (χ1n) is 17.0. The Morgan fingerprint density at radius 1 is 0.944 bits per heavy atom. The maximum atomic E-state index is 15.2. The van der Waals surface area contributed by atoms with Gasteiger partial charge in [-0.25, -0.2) is 14.0 Å². The third-order valence-electron chi connectivity index (χ3n) is 9.13. The van der Waals surface area contributed by atoms with Crippen LogP contribution in [0, 0.1) is 11.2 Å². The van der Waals surface area contributed by atoms with Crippen molar-refractivity contribution < 1.29 is 52.0 Å². The summed E-state index contributed by atoms with van der Waals surface area (Å²) in [6.07, 6.45) is -0.625. The first-order valence-corrected chi connectivity index (χ1v) is 17.8. The standard InChI is InChI=1S/C38H42Cl2FN3O10/c1-37(2,3)19-30-38(24-17-26(41)25(40)18-28(24)43-35(38)47)31(21-7-6-8-23(39)15-21)32(44-30)33(45)42-27-10-9-22(16-29(27)50-5)34(46)53-20-54-36(48)52-14-13-51-12-11-49-4/h6-10,15-18,30-32,44H,11-14,19-20H2,1-5H3,(H,42,45)(H,43,47)/t30-,31-,32+,38+/m0/s1. The molecule has 2 amide bonds. The number of halogens is 3. The number of hydrogen-bond donors (Lipinski definition) is 3. The summed E-state index contributed by atoms with van der Waals surface area (Å²) in [7, 11) is 2.89. The molecular formula is C38H42Cl2FN3O10. The molecule has 2 aliphatic rings. The fourth-order valence-corrected chi connectivity index (χ4v) is 7.31. The summed E-state index contributed by atoms with van der Waals surface area (Å²) in [5.74, 6) is -3.24. The van der Waals surface area contributed by atoms with Crippen LogP contribution in [-0.4, -0.2) is 83.5 Å². The van der Waals surface area contributed by atoms with E-state index < -0.39 is 60.0 Å². The van der Waals surface area contributed by atoms with Crippen LogP contribution in [0.15, 0.2) is 54.6 Å². The minimum atomic E-state index is -1.45. The molecule has 3 N–H and O–H groups in total. The molecule has 2 heterocycles. The van der Waals surface area contributed by atoms with Crippen LogP contribution in [0.5, 0.6) is 5.75 Å². The van der Waals surface area contributed by atoms with E-state index in [4.69, 9.17) is 51.6 Å². The number of ether oxygens (including phenoxy) is 6. The maximum absolute atomic E-state index is 15.2. The fraction of sp³-hybridized carbons (Fsp3) is 0.421. The molecule has 1 saturated heterocycles. The number of hydrogen-bond acceptors (Lipinski definition) is 11. The monoisotopic (exact) mass is 789 g/mol. The summed E-state index contributed by atoms with van der Waals surface area (Å²) < 4.78 is 45.5. The van der Waals surface area contributed by atoms with E-state index in [0.717, 1.165) is 0 Å². The normalized spacial score (nSPS) is 20.3. The van der Waals surface area contributed by atoms with Gasteiger partial charge in [0.1, 0.15) is 23.6 Å². The van der Waals surface area contributed by atoms with Gasteiger partial charge >= 0.3 is 12.1 Å². The van der Waals surface area contributed by atoms with Gasteiger partial charge in [0.15, 0.2) is 0 Å². The average Bonchev–Trinajstić information content (AvgIpc) is 3.59. The number of esters is 1. The van der Waals surface area contributed by atoms with Crippen molar-refractivity contribution in [2.75, 3.05) is 58.1 Å². The van der Waals surface area contributed by atoms with E-state index in [0.29, 0.717) is 41.5 Å². The fourth-order valence-electron chi connectivity index (χ4n) is 6.95. The van der Waals surface area contributed by atoms with E-state index in [9.17, 15) is 19.2 Å². The molecule has 290 valence electrons. The molecule has 0 bridgehead atoms. The van der Waals surface area contributed by atoms with Gasteiger partial charge in [0, 0.05) is 29.8 Å². The van der Waals surface area contributed by atoms with Crippen LogP contribution >= 0.6 is 23.2 Å². The van der Waals surface area contributed by atoms with Crippen molar-refractivity contribution in [2.45, 2.75) is 50.6 Å². The second kappa shape index (κ2) is 17.3. The van der Waals surface area contributed by atoms with Crippen LogP contribution in [-0.2, 0) is 38.7 Å². The van der Waals surface area contributed by atoms with Gasteiger partial charge in [0.2, 0.25) is 18.6 Å². The van der Waals surface area contributed by atoms with Crippen molar-refractivity contribution in [3.05, 3.63) is 87.2 Å². The van der Waals surface area contributed by atoms with E-state index in [1.54, 1.807) is 24.3 Å². The Kier molecular flexibility index (Phi) is 13.1. The maximum Gasteiger partial charge on any atom is 0.511 e. The van der Waals surface area contributed by atoms with E-state index in [1.807, 2.05) is 20.8 Å². The summed E-state index contributed by atoms with van der Waals surface area (Å²) >= 11 is 12.6. The zero-order valence-corrected chi connectivity index (χ0v) is 31.9. The summed E-state index contributed by atoms with van der Waals surface area (Å²) in [4.78, 5) is 53.4. The molecule has 16 heteroatoms. The topological polar surface area (TPSA) is 160 Å². The Morgan fingerprint density at radius 3 is 2.41 bits per heavy atom. The van der Waals surface area contributed by atoms with Gasteiger partial charge in [0.05, 0.1) is 49.2 Å². The van der Waals surface area contributed by atoms with Crippen LogP contribution in [0.25, 0.3) is 0 Å². The quantitative estimate of drug-likeness (QED) is 0.0935. The van der Waals surface area contributed by atoms with E-state index in [-0.39, 0.29) is 40.7 Å². The predicted molar refractivity (Wildman–Crippen MR) is 198 cm³/mol. The van der Waals surface area contributed by atoms with Gasteiger partial charge < -0.3 is 44.4 Å².